The molecule has 15 heteroatoms. The molecule has 1 aromatic carbocycles. The Morgan fingerprint density at radius 2 is 2.00 bits per heavy atom. The fourth-order valence-corrected chi connectivity index (χ4v) is 6.73. The molecule has 1 aliphatic rings. The number of amides is 2. The lowest BCUT2D eigenvalue weighted by Crippen LogP contribution is -2.25. The van der Waals surface area contributed by atoms with Gasteiger partial charge in [-0.15, -0.1) is 21.5 Å². The highest BCUT2D eigenvalue weighted by molar-refractivity contribution is 8.00. The quantitative estimate of drug-likeness (QED) is 0.169. The number of nitrogens with zero attached hydrogens (tertiary/aromatic N) is 3. The molecule has 0 saturated carbocycles. The Bertz CT molecular complexity index is 1650. The number of aromatic nitrogens is 3. The minimum atomic E-state index is -4.60. The molecule has 1 atom stereocenters. The summed E-state index contributed by atoms with van der Waals surface area (Å²) in [5, 5.41) is 13.4. The molecule has 1 unspecified atom stereocenters. The molecule has 3 aromatic heterocycles. The van der Waals surface area contributed by atoms with E-state index in [4.69, 9.17) is 9.15 Å². The molecule has 226 valence electrons. The topological polar surface area (TPSA) is 128 Å². The number of fused-ring (bicyclic) bond motifs is 1. The summed E-state index contributed by atoms with van der Waals surface area (Å²) in [6.07, 6.45) is -0.814. The number of ether oxygens (including phenoxy) is 1. The van der Waals surface area contributed by atoms with Gasteiger partial charge in [-0.1, -0.05) is 17.8 Å². The van der Waals surface area contributed by atoms with Crippen LogP contribution in [-0.4, -0.2) is 44.4 Å². The number of nitrogens with one attached hydrogen (secondary N) is 2. The van der Waals surface area contributed by atoms with Crippen molar-refractivity contribution in [1.82, 2.24) is 20.1 Å². The zero-order valence-corrected chi connectivity index (χ0v) is 24.6. The summed E-state index contributed by atoms with van der Waals surface area (Å²) in [5.74, 6) is -1.31. The number of carbonyl (C=O) groups is 3. The predicted octanol–water partition coefficient (Wildman–Crippen LogP) is 5.66. The summed E-state index contributed by atoms with van der Waals surface area (Å²) in [5.41, 5.74) is 0.468. The number of hydrogen-bond donors (Lipinski definition) is 2. The summed E-state index contributed by atoms with van der Waals surface area (Å²) >= 11 is 2.31. The van der Waals surface area contributed by atoms with E-state index in [1.54, 1.807) is 19.9 Å². The van der Waals surface area contributed by atoms with Crippen molar-refractivity contribution < 1.29 is 36.7 Å². The number of halogens is 3. The van der Waals surface area contributed by atoms with Crippen molar-refractivity contribution in [2.45, 2.75) is 56.2 Å². The number of benzene rings is 1. The molecular weight excluding hydrogens is 607 g/mol. The van der Waals surface area contributed by atoms with E-state index in [1.807, 2.05) is 0 Å². The second-order valence-corrected chi connectivity index (χ2v) is 11.9. The molecule has 0 saturated heterocycles. The second kappa shape index (κ2) is 12.6. The van der Waals surface area contributed by atoms with Crippen molar-refractivity contribution in [2.75, 3.05) is 11.9 Å². The van der Waals surface area contributed by atoms with Crippen LogP contribution in [0.3, 0.4) is 0 Å². The van der Waals surface area contributed by atoms with Crippen LogP contribution in [0.1, 0.15) is 63.0 Å². The highest BCUT2D eigenvalue weighted by atomic mass is 32.2. The summed E-state index contributed by atoms with van der Waals surface area (Å²) in [7, 11) is 0. The Kier molecular flexibility index (Phi) is 8.92. The normalized spacial score (nSPS) is 13.4. The van der Waals surface area contributed by atoms with E-state index in [0.29, 0.717) is 10.6 Å². The van der Waals surface area contributed by atoms with Crippen molar-refractivity contribution >= 4 is 45.9 Å². The van der Waals surface area contributed by atoms with Crippen molar-refractivity contribution in [1.29, 1.82) is 0 Å². The zero-order chi connectivity index (χ0) is 30.7. The number of thioether (sulfide) groups is 1. The summed E-state index contributed by atoms with van der Waals surface area (Å²) in [4.78, 5) is 39.5. The van der Waals surface area contributed by atoms with Crippen molar-refractivity contribution in [2.24, 2.45) is 0 Å². The first kappa shape index (κ1) is 30.4. The van der Waals surface area contributed by atoms with Gasteiger partial charge in [0, 0.05) is 4.88 Å². The van der Waals surface area contributed by atoms with Crippen molar-refractivity contribution in [3.63, 3.8) is 0 Å². The monoisotopic (exact) mass is 633 g/mol. The summed E-state index contributed by atoms with van der Waals surface area (Å²) < 4.78 is 52.3. The maximum Gasteiger partial charge on any atom is 0.416 e. The van der Waals surface area contributed by atoms with Crippen LogP contribution in [0, 0.1) is 0 Å². The number of alkyl halides is 3. The van der Waals surface area contributed by atoms with E-state index in [-0.39, 0.29) is 35.6 Å². The number of hydrogen-bond acceptors (Lipinski definition) is 9. The van der Waals surface area contributed by atoms with Crippen molar-refractivity contribution in [3.05, 3.63) is 75.8 Å². The number of thiophene rings is 1. The van der Waals surface area contributed by atoms with Crippen LogP contribution in [0.25, 0.3) is 5.69 Å². The van der Waals surface area contributed by atoms with Gasteiger partial charge in [0.25, 0.3) is 5.91 Å². The third kappa shape index (κ3) is 6.62. The first-order chi connectivity index (χ1) is 20.6. The Balaban J connectivity index is 1.40. The van der Waals surface area contributed by atoms with Gasteiger partial charge in [0.1, 0.15) is 5.00 Å². The van der Waals surface area contributed by atoms with Gasteiger partial charge < -0.3 is 19.8 Å². The van der Waals surface area contributed by atoms with Gasteiger partial charge in [-0.3, -0.25) is 14.2 Å². The molecular formula is C28H26F3N5O5S2. The number of aryl methyl sites for hydroxylation is 1. The zero-order valence-electron chi connectivity index (χ0n) is 23.0. The number of anilines is 1. The molecule has 5 rings (SSSR count). The fraction of sp³-hybridized carbons (Fsp3) is 0.321. The molecule has 3 heterocycles. The SMILES string of the molecule is CCOC(=O)c1c(NC(=O)C(C)Sc2nnc(CNC(=O)c3ccco3)n2-c2cccc(C(F)(F)F)c2)sc2c1CCC2. The van der Waals surface area contributed by atoms with Gasteiger partial charge in [0.05, 0.1) is 41.5 Å². The fourth-order valence-electron chi connectivity index (χ4n) is 4.56. The van der Waals surface area contributed by atoms with Crippen LogP contribution in [0.2, 0.25) is 0 Å². The van der Waals surface area contributed by atoms with Crippen LogP contribution < -0.4 is 10.6 Å². The maximum atomic E-state index is 13.5. The Morgan fingerprint density at radius 1 is 1.19 bits per heavy atom. The molecule has 0 spiro atoms. The summed E-state index contributed by atoms with van der Waals surface area (Å²) in [6, 6.07) is 7.58. The van der Waals surface area contributed by atoms with Crippen molar-refractivity contribution in [3.8, 4) is 5.69 Å². The van der Waals surface area contributed by atoms with Gasteiger partial charge in [-0.25, -0.2) is 4.79 Å². The smallest absolute Gasteiger partial charge is 0.416 e. The summed E-state index contributed by atoms with van der Waals surface area (Å²) in [6.45, 7) is 3.32. The lowest BCUT2D eigenvalue weighted by Gasteiger charge is -2.15. The molecule has 2 amide bonds. The molecule has 0 aliphatic heterocycles. The largest absolute Gasteiger partial charge is 0.462 e. The van der Waals surface area contributed by atoms with E-state index in [0.717, 1.165) is 53.6 Å². The van der Waals surface area contributed by atoms with E-state index < -0.39 is 34.8 Å². The predicted molar refractivity (Wildman–Crippen MR) is 152 cm³/mol. The molecule has 0 fully saturated rings. The van der Waals surface area contributed by atoms with Gasteiger partial charge in [0.2, 0.25) is 5.91 Å². The van der Waals surface area contributed by atoms with Crippen LogP contribution in [0.15, 0.2) is 52.2 Å². The Hall–Kier alpha value is -4.11. The highest BCUT2D eigenvalue weighted by Gasteiger charge is 2.32. The standard InChI is InChI=1S/C28H26F3N5O5S2/c1-3-40-26(39)22-18-9-5-11-20(18)43-25(22)33-23(37)15(2)42-27-35-34-21(14-32-24(38)19-10-6-12-41-19)36(27)17-8-4-7-16(13-17)28(29,30)31/h4,6-8,10,12-13,15H,3,5,9,11,14H2,1-2H3,(H,32,38)(H,33,37). The maximum absolute atomic E-state index is 13.5. The van der Waals surface area contributed by atoms with Gasteiger partial charge in [-0.05, 0) is 69.0 Å². The van der Waals surface area contributed by atoms with Gasteiger partial charge in [-0.2, -0.15) is 13.2 Å². The van der Waals surface area contributed by atoms with E-state index in [1.165, 1.54) is 40.4 Å². The number of rotatable bonds is 10. The van der Waals surface area contributed by atoms with E-state index in [9.17, 15) is 27.6 Å². The number of esters is 1. The van der Waals surface area contributed by atoms with Gasteiger partial charge in [0.15, 0.2) is 16.7 Å². The molecule has 0 radical (unpaired) electrons. The van der Waals surface area contributed by atoms with E-state index >= 15 is 0 Å². The second-order valence-electron chi connectivity index (χ2n) is 9.47. The molecule has 10 nitrogen and oxygen atoms in total. The van der Waals surface area contributed by atoms with Crippen LogP contribution in [0.5, 0.6) is 0 Å². The average molecular weight is 634 g/mol. The highest BCUT2D eigenvalue weighted by Crippen LogP contribution is 2.40. The molecule has 4 aromatic rings. The van der Waals surface area contributed by atoms with E-state index in [2.05, 4.69) is 20.8 Å². The molecule has 2 N–H and O–H groups in total. The molecule has 43 heavy (non-hydrogen) atoms. The van der Waals surface area contributed by atoms with Gasteiger partial charge >= 0.3 is 12.1 Å². The average Bonchev–Trinajstić information content (AvgIpc) is 3.76. The molecule has 0 bridgehead atoms. The minimum absolute atomic E-state index is 0.0479. The Morgan fingerprint density at radius 3 is 2.72 bits per heavy atom. The lowest BCUT2D eigenvalue weighted by molar-refractivity contribution is -0.137. The Labute approximate surface area is 252 Å². The van der Waals surface area contributed by atoms with Crippen LogP contribution >= 0.6 is 23.1 Å². The molecule has 1 aliphatic carbocycles. The number of carbonyl (C=O) groups excluding carboxylic acids is 3. The first-order valence-electron chi connectivity index (χ1n) is 13.3. The lowest BCUT2D eigenvalue weighted by atomic mass is 10.1. The van der Waals surface area contributed by atoms with Crippen LogP contribution in [-0.2, 0) is 35.1 Å². The minimum Gasteiger partial charge on any atom is -0.462 e. The third-order valence-electron chi connectivity index (χ3n) is 6.57. The number of furan rings is 1. The third-order valence-corrected chi connectivity index (χ3v) is 8.82. The van der Waals surface area contributed by atoms with Crippen LogP contribution in [0.4, 0.5) is 18.2 Å². The first-order valence-corrected chi connectivity index (χ1v) is 15.0.